The smallest absolute Gasteiger partial charge is 0.420 e. The Balaban J connectivity index is 2.82. The molecule has 142 valence electrons. The van der Waals surface area contributed by atoms with Crippen LogP contribution in [-0.4, -0.2) is 53.1 Å². The van der Waals surface area contributed by atoms with E-state index in [1.807, 2.05) is 0 Å². The fourth-order valence-electron chi connectivity index (χ4n) is 2.19. The maximum Gasteiger partial charge on any atom is 0.420 e. The Morgan fingerprint density at radius 3 is 1.88 bits per heavy atom. The van der Waals surface area contributed by atoms with Crippen LogP contribution in [0.15, 0.2) is 0 Å². The van der Waals surface area contributed by atoms with Crippen molar-refractivity contribution in [1.82, 2.24) is 10.2 Å². The van der Waals surface area contributed by atoms with Crippen molar-refractivity contribution in [1.29, 1.82) is 0 Å². The fourth-order valence-corrected chi connectivity index (χ4v) is 2.19. The van der Waals surface area contributed by atoms with Gasteiger partial charge in [0.05, 0.1) is 6.54 Å². The Morgan fingerprint density at radius 1 is 1.04 bits per heavy atom. The number of rotatable bonds is 4. The number of Topliss-reactive ketones (excluding diaryl/α,β-unsaturated/α-hetero) is 1. The van der Waals surface area contributed by atoms with E-state index in [1.165, 1.54) is 0 Å². The first-order chi connectivity index (χ1) is 11.3. The molecule has 8 heteroatoms. The summed E-state index contributed by atoms with van der Waals surface area (Å²) in [6.45, 7) is 9.97. The SMILES string of the molecule is CC(C)(C)OC(=O)N(CC(=O)CC1CCNC1=O)C(=O)OC(C)(C)C. The molecule has 0 aromatic carbocycles. The number of imide groups is 1. The van der Waals surface area contributed by atoms with E-state index in [2.05, 4.69) is 5.32 Å². The average Bonchev–Trinajstić information content (AvgIpc) is 2.77. The number of ether oxygens (including phenoxy) is 2. The van der Waals surface area contributed by atoms with Gasteiger partial charge in [-0.2, -0.15) is 0 Å². The number of nitrogens with one attached hydrogen (secondary N) is 1. The molecule has 1 unspecified atom stereocenters. The van der Waals surface area contributed by atoms with E-state index in [0.717, 1.165) is 0 Å². The van der Waals surface area contributed by atoms with E-state index in [1.54, 1.807) is 41.5 Å². The Kier molecular flexibility index (Phi) is 6.56. The van der Waals surface area contributed by atoms with Gasteiger partial charge in [0.2, 0.25) is 5.91 Å². The lowest BCUT2D eigenvalue weighted by Gasteiger charge is -2.28. The molecule has 0 aromatic heterocycles. The van der Waals surface area contributed by atoms with Crippen molar-refractivity contribution < 1.29 is 28.7 Å². The van der Waals surface area contributed by atoms with Crippen LogP contribution in [0.1, 0.15) is 54.4 Å². The second-order valence-electron chi connectivity index (χ2n) is 8.07. The second kappa shape index (κ2) is 7.84. The predicted molar refractivity (Wildman–Crippen MR) is 89.9 cm³/mol. The third-order valence-corrected chi connectivity index (χ3v) is 3.20. The van der Waals surface area contributed by atoms with Gasteiger partial charge in [0, 0.05) is 18.9 Å². The van der Waals surface area contributed by atoms with Crippen LogP contribution in [0.3, 0.4) is 0 Å². The average molecular weight is 356 g/mol. The molecule has 0 aromatic rings. The van der Waals surface area contributed by atoms with Gasteiger partial charge in [-0.05, 0) is 48.0 Å². The van der Waals surface area contributed by atoms with Crippen LogP contribution in [0.5, 0.6) is 0 Å². The van der Waals surface area contributed by atoms with Gasteiger partial charge in [0.25, 0.3) is 0 Å². The molecule has 0 spiro atoms. The molecule has 1 N–H and O–H groups in total. The number of nitrogens with zero attached hydrogens (tertiary/aromatic N) is 1. The molecule has 0 aliphatic carbocycles. The fraction of sp³-hybridized carbons (Fsp3) is 0.765. The molecule has 1 fully saturated rings. The van der Waals surface area contributed by atoms with Crippen LogP contribution in [0.25, 0.3) is 0 Å². The molecule has 1 atom stereocenters. The molecule has 1 aliphatic heterocycles. The van der Waals surface area contributed by atoms with Gasteiger partial charge in [-0.25, -0.2) is 14.5 Å². The highest BCUT2D eigenvalue weighted by Gasteiger charge is 2.34. The number of amides is 3. The third-order valence-electron chi connectivity index (χ3n) is 3.20. The zero-order chi connectivity index (χ0) is 19.4. The first-order valence-corrected chi connectivity index (χ1v) is 8.31. The summed E-state index contributed by atoms with van der Waals surface area (Å²) in [7, 11) is 0. The first-order valence-electron chi connectivity index (χ1n) is 8.31. The molecule has 0 bridgehead atoms. The van der Waals surface area contributed by atoms with Crippen LogP contribution in [-0.2, 0) is 19.1 Å². The number of carbonyl (C=O) groups is 4. The van der Waals surface area contributed by atoms with Crippen LogP contribution in [0, 0.1) is 5.92 Å². The highest BCUT2D eigenvalue weighted by Crippen LogP contribution is 2.17. The second-order valence-corrected chi connectivity index (χ2v) is 8.07. The Hall–Kier alpha value is -2.12. The summed E-state index contributed by atoms with van der Waals surface area (Å²) in [6.07, 6.45) is -1.38. The summed E-state index contributed by atoms with van der Waals surface area (Å²) in [4.78, 5) is 49.1. The minimum absolute atomic E-state index is 0.0338. The Morgan fingerprint density at radius 2 is 1.52 bits per heavy atom. The normalized spacial score (nSPS) is 17.7. The third kappa shape index (κ3) is 7.53. The van der Waals surface area contributed by atoms with Gasteiger partial charge in [0.15, 0.2) is 5.78 Å². The summed E-state index contributed by atoms with van der Waals surface area (Å²) in [6, 6.07) is 0. The molecule has 8 nitrogen and oxygen atoms in total. The van der Waals surface area contributed by atoms with Gasteiger partial charge in [-0.3, -0.25) is 9.59 Å². The van der Waals surface area contributed by atoms with Crippen molar-refractivity contribution in [3.05, 3.63) is 0 Å². The van der Waals surface area contributed by atoms with E-state index in [9.17, 15) is 19.2 Å². The van der Waals surface area contributed by atoms with E-state index >= 15 is 0 Å². The molecule has 1 aliphatic rings. The van der Waals surface area contributed by atoms with Crippen molar-refractivity contribution >= 4 is 23.9 Å². The predicted octanol–water partition coefficient (Wildman–Crippen LogP) is 2.25. The van der Waals surface area contributed by atoms with Gasteiger partial charge in [-0.15, -0.1) is 0 Å². The minimum Gasteiger partial charge on any atom is -0.443 e. The highest BCUT2D eigenvalue weighted by molar-refractivity contribution is 5.95. The quantitative estimate of drug-likeness (QED) is 0.829. The monoisotopic (exact) mass is 356 g/mol. The van der Waals surface area contributed by atoms with E-state index < -0.39 is 41.6 Å². The van der Waals surface area contributed by atoms with Crippen molar-refractivity contribution in [3.8, 4) is 0 Å². The molecule has 3 amide bonds. The Labute approximate surface area is 148 Å². The summed E-state index contributed by atoms with van der Waals surface area (Å²) in [5.41, 5.74) is -1.66. The largest absolute Gasteiger partial charge is 0.443 e. The molecule has 1 rings (SSSR count). The molecule has 25 heavy (non-hydrogen) atoms. The van der Waals surface area contributed by atoms with Crippen molar-refractivity contribution in [2.24, 2.45) is 5.92 Å². The zero-order valence-corrected chi connectivity index (χ0v) is 15.8. The number of hydrogen-bond donors (Lipinski definition) is 1. The standard InChI is InChI=1S/C17H28N2O6/c1-16(2,3)24-14(22)19(15(23)25-17(4,5)6)10-12(20)9-11-7-8-18-13(11)21/h11H,7-10H2,1-6H3,(H,18,21). The van der Waals surface area contributed by atoms with Crippen LogP contribution in [0.2, 0.25) is 0 Å². The van der Waals surface area contributed by atoms with E-state index in [0.29, 0.717) is 17.9 Å². The number of carbonyl (C=O) groups excluding carboxylic acids is 4. The van der Waals surface area contributed by atoms with Crippen molar-refractivity contribution in [2.75, 3.05) is 13.1 Å². The van der Waals surface area contributed by atoms with E-state index in [4.69, 9.17) is 9.47 Å². The Bertz CT molecular complexity index is 516. The van der Waals surface area contributed by atoms with Gasteiger partial charge < -0.3 is 14.8 Å². The maximum atomic E-state index is 12.3. The summed E-state index contributed by atoms with van der Waals surface area (Å²) in [5, 5.41) is 2.65. The lowest BCUT2D eigenvalue weighted by atomic mass is 10.0. The summed E-state index contributed by atoms with van der Waals surface area (Å²) >= 11 is 0. The van der Waals surface area contributed by atoms with Crippen molar-refractivity contribution in [3.63, 3.8) is 0 Å². The molecule has 0 saturated carbocycles. The minimum atomic E-state index is -0.953. The lowest BCUT2D eigenvalue weighted by molar-refractivity contribution is -0.127. The van der Waals surface area contributed by atoms with Crippen LogP contribution < -0.4 is 5.32 Å². The van der Waals surface area contributed by atoms with Crippen LogP contribution >= 0.6 is 0 Å². The summed E-state index contributed by atoms with van der Waals surface area (Å²) < 4.78 is 10.4. The maximum absolute atomic E-state index is 12.3. The molecule has 1 saturated heterocycles. The topological polar surface area (TPSA) is 102 Å². The molecule has 0 radical (unpaired) electrons. The molecular weight excluding hydrogens is 328 g/mol. The van der Waals surface area contributed by atoms with E-state index in [-0.39, 0.29) is 12.3 Å². The van der Waals surface area contributed by atoms with Gasteiger partial charge >= 0.3 is 12.2 Å². The van der Waals surface area contributed by atoms with Gasteiger partial charge in [-0.1, -0.05) is 0 Å². The number of hydrogen-bond acceptors (Lipinski definition) is 6. The van der Waals surface area contributed by atoms with Crippen molar-refractivity contribution in [2.45, 2.75) is 65.6 Å². The first kappa shape index (κ1) is 20.9. The van der Waals surface area contributed by atoms with Crippen LogP contribution in [0.4, 0.5) is 9.59 Å². The lowest BCUT2D eigenvalue weighted by Crippen LogP contribution is -2.46. The summed E-state index contributed by atoms with van der Waals surface area (Å²) in [5.74, 6) is -1.01. The van der Waals surface area contributed by atoms with Gasteiger partial charge in [0.1, 0.15) is 11.2 Å². The highest BCUT2D eigenvalue weighted by atomic mass is 16.6. The molecular formula is C17H28N2O6. The number of ketones is 1. The molecule has 1 heterocycles. The zero-order valence-electron chi connectivity index (χ0n) is 15.8.